The quantitative estimate of drug-likeness (QED) is 0.814. The van der Waals surface area contributed by atoms with E-state index in [1.54, 1.807) is 0 Å². The van der Waals surface area contributed by atoms with Crippen LogP contribution in [-0.2, 0) is 9.53 Å². The third-order valence-corrected chi connectivity index (χ3v) is 2.78. The van der Waals surface area contributed by atoms with Crippen molar-refractivity contribution in [3.63, 3.8) is 0 Å². The van der Waals surface area contributed by atoms with Crippen LogP contribution in [0.3, 0.4) is 0 Å². The highest BCUT2D eigenvalue weighted by atomic mass is 19.3. The van der Waals surface area contributed by atoms with Gasteiger partial charge in [0, 0.05) is 11.6 Å². The van der Waals surface area contributed by atoms with Crippen molar-refractivity contribution in [3.8, 4) is 11.5 Å². The molecule has 5 nitrogen and oxygen atoms in total. The second-order valence-electron chi connectivity index (χ2n) is 4.05. The molecule has 0 aromatic heterocycles. The summed E-state index contributed by atoms with van der Waals surface area (Å²) in [6, 6.07) is -0.391. The van der Waals surface area contributed by atoms with Crippen LogP contribution in [0.2, 0.25) is 0 Å². The lowest BCUT2D eigenvalue weighted by Crippen LogP contribution is -2.42. The molecule has 1 atom stereocenters. The average molecular weight is 307 g/mol. The van der Waals surface area contributed by atoms with Crippen LogP contribution in [0.5, 0.6) is 11.5 Å². The van der Waals surface area contributed by atoms with E-state index in [1.807, 2.05) is 0 Å². The Morgan fingerprint density at radius 1 is 1.29 bits per heavy atom. The molecule has 0 radical (unpaired) electrons. The van der Waals surface area contributed by atoms with E-state index in [0.29, 0.717) is 0 Å². The van der Waals surface area contributed by atoms with Gasteiger partial charge in [0.05, 0.1) is 20.8 Å². The first kappa shape index (κ1) is 17.1. The Labute approximate surface area is 119 Å². The number of carbonyl (C=O) groups is 1. The summed E-state index contributed by atoms with van der Waals surface area (Å²) in [6.07, 6.45) is 0. The number of hydrogen-bond acceptors (Lipinski definition) is 5. The zero-order valence-electron chi connectivity index (χ0n) is 11.8. The van der Waals surface area contributed by atoms with Crippen LogP contribution in [0, 0.1) is 5.82 Å². The predicted molar refractivity (Wildman–Crippen MR) is 68.0 cm³/mol. The smallest absolute Gasteiger partial charge is 0.379 e. The van der Waals surface area contributed by atoms with Crippen LogP contribution in [-0.4, -0.2) is 32.7 Å². The molecule has 0 aliphatic carbocycles. The van der Waals surface area contributed by atoms with Crippen molar-refractivity contribution in [3.05, 3.63) is 23.5 Å². The molecule has 0 aliphatic rings. The number of benzene rings is 1. The number of methoxy groups -OCH3 is 2. The van der Waals surface area contributed by atoms with Crippen molar-refractivity contribution in [2.24, 2.45) is 5.73 Å². The van der Waals surface area contributed by atoms with E-state index in [-0.39, 0.29) is 18.1 Å². The number of halogens is 3. The van der Waals surface area contributed by atoms with Gasteiger partial charge in [0.15, 0.2) is 11.5 Å². The van der Waals surface area contributed by atoms with Crippen LogP contribution in [0.15, 0.2) is 12.1 Å². The van der Waals surface area contributed by atoms with Gasteiger partial charge in [-0.1, -0.05) is 0 Å². The zero-order valence-corrected chi connectivity index (χ0v) is 11.8. The number of nitrogens with two attached hydrogens (primary N) is 1. The minimum Gasteiger partial charge on any atom is -0.493 e. The Kier molecular flexibility index (Phi) is 5.42. The van der Waals surface area contributed by atoms with Gasteiger partial charge in [0.25, 0.3) is 0 Å². The summed E-state index contributed by atoms with van der Waals surface area (Å²) >= 11 is 0. The van der Waals surface area contributed by atoms with Crippen molar-refractivity contribution in [2.45, 2.75) is 18.9 Å². The van der Waals surface area contributed by atoms with Gasteiger partial charge in [-0.2, -0.15) is 8.78 Å². The highest BCUT2D eigenvalue weighted by Crippen LogP contribution is 2.37. The summed E-state index contributed by atoms with van der Waals surface area (Å²) in [7, 11) is 2.53. The van der Waals surface area contributed by atoms with E-state index in [2.05, 4.69) is 4.74 Å². The first-order valence-corrected chi connectivity index (χ1v) is 6.01. The third kappa shape index (κ3) is 3.38. The fourth-order valence-corrected chi connectivity index (χ4v) is 1.66. The van der Waals surface area contributed by atoms with Gasteiger partial charge in [0.1, 0.15) is 11.9 Å². The molecule has 118 valence electrons. The fourth-order valence-electron chi connectivity index (χ4n) is 1.66. The number of ether oxygens (including phenoxy) is 3. The van der Waals surface area contributed by atoms with Gasteiger partial charge in [-0.25, -0.2) is 9.18 Å². The molecule has 2 N–H and O–H groups in total. The normalized spacial score (nSPS) is 12.7. The molecule has 0 saturated carbocycles. The SMILES string of the molecule is CCOC(=O)C(F)(F)[C@H](N)c1cc(OC)c(OC)cc1F. The number of alkyl halides is 2. The van der Waals surface area contributed by atoms with Gasteiger partial charge in [0.2, 0.25) is 0 Å². The Morgan fingerprint density at radius 3 is 2.29 bits per heavy atom. The van der Waals surface area contributed by atoms with E-state index in [1.165, 1.54) is 21.1 Å². The van der Waals surface area contributed by atoms with Crippen molar-refractivity contribution in [1.82, 2.24) is 0 Å². The zero-order chi connectivity index (χ0) is 16.2. The van der Waals surface area contributed by atoms with Gasteiger partial charge >= 0.3 is 11.9 Å². The van der Waals surface area contributed by atoms with E-state index in [0.717, 1.165) is 12.1 Å². The van der Waals surface area contributed by atoms with Crippen molar-refractivity contribution < 1.29 is 32.2 Å². The summed E-state index contributed by atoms with van der Waals surface area (Å²) in [5.74, 6) is -6.89. The summed E-state index contributed by atoms with van der Waals surface area (Å²) in [6.45, 7) is 1.13. The van der Waals surface area contributed by atoms with Gasteiger partial charge in [-0.15, -0.1) is 0 Å². The minimum absolute atomic E-state index is 0.0176. The molecule has 0 spiro atoms. The Balaban J connectivity index is 3.23. The molecule has 1 aromatic rings. The summed E-state index contributed by atoms with van der Waals surface area (Å²) in [4.78, 5) is 11.2. The van der Waals surface area contributed by atoms with Crippen molar-refractivity contribution in [2.75, 3.05) is 20.8 Å². The number of carbonyl (C=O) groups excluding carboxylic acids is 1. The van der Waals surface area contributed by atoms with E-state index < -0.39 is 29.3 Å². The molecule has 21 heavy (non-hydrogen) atoms. The van der Waals surface area contributed by atoms with E-state index in [4.69, 9.17) is 15.2 Å². The van der Waals surface area contributed by atoms with E-state index in [9.17, 15) is 18.0 Å². The second-order valence-corrected chi connectivity index (χ2v) is 4.05. The molecule has 0 heterocycles. The molecule has 8 heteroatoms. The third-order valence-electron chi connectivity index (χ3n) is 2.78. The number of esters is 1. The Bertz CT molecular complexity index is 522. The highest BCUT2D eigenvalue weighted by molar-refractivity contribution is 5.79. The molecular formula is C13H16F3NO4. The lowest BCUT2D eigenvalue weighted by molar-refractivity contribution is -0.174. The lowest BCUT2D eigenvalue weighted by atomic mass is 10.00. The first-order chi connectivity index (χ1) is 9.79. The Morgan fingerprint density at radius 2 is 1.81 bits per heavy atom. The molecular weight excluding hydrogens is 291 g/mol. The molecule has 0 unspecified atom stereocenters. The van der Waals surface area contributed by atoms with Crippen molar-refractivity contribution in [1.29, 1.82) is 0 Å². The predicted octanol–water partition coefficient (Wildman–Crippen LogP) is 2.04. The van der Waals surface area contributed by atoms with Crippen LogP contribution < -0.4 is 15.2 Å². The van der Waals surface area contributed by atoms with Crippen LogP contribution in [0.25, 0.3) is 0 Å². The van der Waals surface area contributed by atoms with Gasteiger partial charge < -0.3 is 19.9 Å². The molecule has 0 bridgehead atoms. The first-order valence-electron chi connectivity index (χ1n) is 6.01. The van der Waals surface area contributed by atoms with Crippen LogP contribution in [0.4, 0.5) is 13.2 Å². The maximum atomic E-state index is 13.9. The summed E-state index contributed by atoms with van der Waals surface area (Å²) < 4.78 is 55.5. The molecule has 1 aromatic carbocycles. The summed E-state index contributed by atoms with van der Waals surface area (Å²) in [5, 5.41) is 0. The van der Waals surface area contributed by atoms with Crippen LogP contribution in [0.1, 0.15) is 18.5 Å². The van der Waals surface area contributed by atoms with E-state index >= 15 is 0 Å². The fraction of sp³-hybridized carbons (Fsp3) is 0.462. The Hall–Kier alpha value is -1.96. The highest BCUT2D eigenvalue weighted by Gasteiger charge is 2.48. The van der Waals surface area contributed by atoms with Crippen molar-refractivity contribution >= 4 is 5.97 Å². The van der Waals surface area contributed by atoms with Gasteiger partial charge in [-0.05, 0) is 13.0 Å². The second kappa shape index (κ2) is 6.66. The van der Waals surface area contributed by atoms with Crippen LogP contribution >= 0.6 is 0 Å². The molecule has 0 amide bonds. The largest absolute Gasteiger partial charge is 0.493 e. The maximum absolute atomic E-state index is 13.9. The van der Waals surface area contributed by atoms with Gasteiger partial charge in [-0.3, -0.25) is 0 Å². The monoisotopic (exact) mass is 307 g/mol. The minimum atomic E-state index is -4.07. The number of hydrogen-bond donors (Lipinski definition) is 1. The molecule has 0 aliphatic heterocycles. The average Bonchev–Trinajstić information content (AvgIpc) is 2.46. The molecule has 0 saturated heterocycles. The topological polar surface area (TPSA) is 70.8 Å². The molecule has 1 rings (SSSR count). The standard InChI is InChI=1S/C13H16F3NO4/c1-4-21-12(18)13(15,16)11(17)7-5-9(19-2)10(20-3)6-8(7)14/h5-6,11H,4,17H2,1-3H3/t11-/m1/s1. The summed E-state index contributed by atoms with van der Waals surface area (Å²) in [5.41, 5.74) is 4.75. The lowest BCUT2D eigenvalue weighted by Gasteiger charge is -2.23. The molecule has 0 fully saturated rings. The number of rotatable bonds is 6. The maximum Gasteiger partial charge on any atom is 0.379 e.